The Bertz CT molecular complexity index is 1200. The van der Waals surface area contributed by atoms with E-state index < -0.39 is 0 Å². The quantitative estimate of drug-likeness (QED) is 0.182. The molecule has 2 aromatic rings. The molecule has 0 aromatic heterocycles. The molecule has 0 saturated carbocycles. The van der Waals surface area contributed by atoms with Crippen LogP contribution in [0.25, 0.3) is 0 Å². The number of rotatable bonds is 12. The summed E-state index contributed by atoms with van der Waals surface area (Å²) in [5.41, 5.74) is 4.49. The van der Waals surface area contributed by atoms with Crippen molar-refractivity contribution in [1.29, 1.82) is 0 Å². The Morgan fingerprint density at radius 2 is 1.61 bits per heavy atom. The van der Waals surface area contributed by atoms with Crippen molar-refractivity contribution in [3.8, 4) is 5.75 Å². The number of ether oxygens (including phenoxy) is 3. The van der Waals surface area contributed by atoms with Crippen LogP contribution >= 0.6 is 11.6 Å². The molecule has 5 rings (SSSR count). The Kier molecular flexibility index (Phi) is 18.6. The van der Waals surface area contributed by atoms with Gasteiger partial charge in [0, 0.05) is 23.3 Å². The number of aryl methyl sites for hydroxylation is 2. The molecule has 3 unspecified atom stereocenters. The fourth-order valence-corrected chi connectivity index (χ4v) is 6.49. The maximum Gasteiger partial charge on any atom is 0.231 e. The third-order valence-corrected chi connectivity index (χ3v) is 8.79. The number of hydrogen-bond donors (Lipinski definition) is 1. The van der Waals surface area contributed by atoms with Gasteiger partial charge in [-0.1, -0.05) is 92.0 Å². The van der Waals surface area contributed by atoms with Crippen molar-refractivity contribution in [2.24, 2.45) is 11.8 Å². The van der Waals surface area contributed by atoms with E-state index in [0.29, 0.717) is 31.1 Å². The van der Waals surface area contributed by atoms with Crippen molar-refractivity contribution in [3.63, 3.8) is 0 Å². The van der Waals surface area contributed by atoms with Crippen LogP contribution in [0.4, 0.5) is 5.69 Å². The summed E-state index contributed by atoms with van der Waals surface area (Å²) in [6.45, 7) is 20.0. The summed E-state index contributed by atoms with van der Waals surface area (Å²) in [6, 6.07) is 13.1. The normalized spacial score (nSPS) is 19.6. The Morgan fingerprint density at radius 1 is 0.957 bits per heavy atom. The Hall–Kier alpha value is -2.96. The van der Waals surface area contributed by atoms with Crippen LogP contribution in [-0.2, 0) is 27.1 Å². The molecule has 1 N–H and O–H groups in total. The van der Waals surface area contributed by atoms with Gasteiger partial charge in [-0.15, -0.1) is 0 Å². The number of fused-ring (bicyclic) bond motifs is 1. The van der Waals surface area contributed by atoms with E-state index in [-0.39, 0.29) is 0 Å². The molecule has 7 heteroatoms. The van der Waals surface area contributed by atoms with Crippen LogP contribution in [0, 0.1) is 11.8 Å². The first-order valence-electron chi connectivity index (χ1n) is 17.7. The zero-order chi connectivity index (χ0) is 33.9. The van der Waals surface area contributed by atoms with Gasteiger partial charge in [-0.25, -0.2) is 0 Å². The zero-order valence-corrected chi connectivity index (χ0v) is 30.4. The first-order chi connectivity index (χ1) is 22.5. The van der Waals surface area contributed by atoms with Crippen LogP contribution in [0.3, 0.4) is 0 Å². The number of unbranched alkanes of at least 4 members (excludes halogenated alkanes) is 2. The standard InChI is InChI=1S/C24H33NO3.C11H14ClNO.2C2H6/c1-3-5-6-13-26-21-10-7-18(8-11-21)22-14-20(16-25(22)4-2)19-9-12-23-24(15-19)28-17-27-23;1-3-8-5-10(12)6-9(4-2)11(8)13-7-14;2*1-2/h7-8,10-12,15,19-20,22H,3-6,9,13-14,16-17H2,1-2H3;5-7H,3-4H2,1-2H3,(H,13,14);2*1-2H3. The zero-order valence-electron chi connectivity index (χ0n) is 29.7. The third-order valence-electron chi connectivity index (χ3n) is 8.57. The van der Waals surface area contributed by atoms with Gasteiger partial charge in [0.25, 0.3) is 0 Å². The molecule has 6 nitrogen and oxygen atoms in total. The first kappa shape index (κ1) is 39.2. The van der Waals surface area contributed by atoms with Gasteiger partial charge in [0.1, 0.15) is 5.75 Å². The molecule has 2 heterocycles. The molecule has 2 saturated heterocycles. The molecule has 0 bridgehead atoms. The summed E-state index contributed by atoms with van der Waals surface area (Å²) < 4.78 is 17.0. The second kappa shape index (κ2) is 21.8. The summed E-state index contributed by atoms with van der Waals surface area (Å²) in [5, 5.41) is 3.47. The second-order valence-corrected chi connectivity index (χ2v) is 11.6. The lowest BCUT2D eigenvalue weighted by molar-refractivity contribution is -0.105. The Morgan fingerprint density at radius 3 is 2.20 bits per heavy atom. The predicted octanol–water partition coefficient (Wildman–Crippen LogP) is 10.5. The van der Waals surface area contributed by atoms with E-state index in [1.807, 2.05) is 53.7 Å². The van der Waals surface area contributed by atoms with Crippen LogP contribution in [0.1, 0.15) is 110 Å². The lowest BCUT2D eigenvalue weighted by Crippen LogP contribution is -2.25. The number of hydrogen-bond acceptors (Lipinski definition) is 5. The molecule has 3 aliphatic rings. The third kappa shape index (κ3) is 11.1. The highest BCUT2D eigenvalue weighted by atomic mass is 35.5. The smallest absolute Gasteiger partial charge is 0.231 e. The largest absolute Gasteiger partial charge is 0.494 e. The van der Waals surface area contributed by atoms with E-state index >= 15 is 0 Å². The lowest BCUT2D eigenvalue weighted by Gasteiger charge is -2.23. The van der Waals surface area contributed by atoms with Crippen LogP contribution in [0.15, 0.2) is 60.1 Å². The van der Waals surface area contributed by atoms with Crippen LogP contribution in [0.5, 0.6) is 5.75 Å². The molecule has 2 aromatic carbocycles. The fourth-order valence-electron chi connectivity index (χ4n) is 6.22. The van der Waals surface area contributed by atoms with Crippen LogP contribution in [0.2, 0.25) is 5.02 Å². The van der Waals surface area contributed by atoms with Gasteiger partial charge in [0.2, 0.25) is 13.2 Å². The number of halogens is 1. The van der Waals surface area contributed by atoms with Gasteiger partial charge < -0.3 is 19.5 Å². The molecule has 46 heavy (non-hydrogen) atoms. The Balaban J connectivity index is 0.000000345. The van der Waals surface area contributed by atoms with Crippen molar-refractivity contribution in [2.45, 2.75) is 106 Å². The van der Waals surface area contributed by atoms with E-state index in [1.54, 1.807) is 0 Å². The minimum Gasteiger partial charge on any atom is -0.494 e. The second-order valence-electron chi connectivity index (χ2n) is 11.2. The predicted molar refractivity (Wildman–Crippen MR) is 193 cm³/mol. The molecule has 3 atom stereocenters. The summed E-state index contributed by atoms with van der Waals surface area (Å²) in [6.07, 6.45) is 12.8. The van der Waals surface area contributed by atoms with Gasteiger partial charge in [0.05, 0.1) is 6.61 Å². The van der Waals surface area contributed by atoms with Crippen molar-refractivity contribution in [2.75, 3.05) is 31.8 Å². The van der Waals surface area contributed by atoms with Crippen LogP contribution in [-0.4, -0.2) is 37.8 Å². The summed E-state index contributed by atoms with van der Waals surface area (Å²) in [4.78, 5) is 13.1. The molecule has 256 valence electrons. The van der Waals surface area contributed by atoms with Crippen molar-refractivity contribution < 1.29 is 19.0 Å². The molecule has 2 fully saturated rings. The number of nitrogens with zero attached hydrogens (tertiary/aromatic N) is 1. The van der Waals surface area contributed by atoms with Crippen molar-refractivity contribution in [3.05, 3.63) is 81.8 Å². The SMILES string of the molecule is CC.CC.CCCCCOc1ccc(C2CC(C3C=C4OCOC4=CC3)CN2CC)cc1.CCc1cc(Cl)cc(CC)c1NC=O. The minimum atomic E-state index is 0.367. The van der Waals surface area contributed by atoms with Gasteiger partial charge in [-0.05, 0) is 104 Å². The van der Waals surface area contributed by atoms with Gasteiger partial charge >= 0.3 is 0 Å². The van der Waals surface area contributed by atoms with E-state index in [0.717, 1.165) is 84.5 Å². The first-order valence-corrected chi connectivity index (χ1v) is 18.0. The van der Waals surface area contributed by atoms with Crippen LogP contribution < -0.4 is 10.1 Å². The molecule has 1 aliphatic carbocycles. The number of likely N-dealkylation sites (tertiary alicyclic amines) is 1. The molecule has 0 spiro atoms. The summed E-state index contributed by atoms with van der Waals surface area (Å²) in [5.74, 6) is 4.08. The maximum absolute atomic E-state index is 10.5. The number of carbonyl (C=O) groups excluding carboxylic acids is 1. The van der Waals surface area contributed by atoms with Crippen molar-refractivity contribution in [1.82, 2.24) is 4.90 Å². The van der Waals surface area contributed by atoms with E-state index in [4.69, 9.17) is 25.8 Å². The molecular weight excluding hydrogens is 596 g/mol. The maximum atomic E-state index is 10.5. The van der Waals surface area contributed by atoms with Gasteiger partial charge in [-0.2, -0.15) is 0 Å². The topological polar surface area (TPSA) is 60.0 Å². The highest BCUT2D eigenvalue weighted by Crippen LogP contribution is 2.43. The fraction of sp³-hybridized carbons (Fsp3) is 0.564. The molecule has 0 radical (unpaired) electrons. The monoisotopic (exact) mass is 654 g/mol. The minimum absolute atomic E-state index is 0.367. The van der Waals surface area contributed by atoms with E-state index in [9.17, 15) is 4.79 Å². The van der Waals surface area contributed by atoms with Crippen molar-refractivity contribution >= 4 is 23.7 Å². The average molecular weight is 655 g/mol. The van der Waals surface area contributed by atoms with E-state index in [1.165, 1.54) is 24.8 Å². The average Bonchev–Trinajstić information content (AvgIpc) is 3.77. The summed E-state index contributed by atoms with van der Waals surface area (Å²) in [7, 11) is 0. The van der Waals surface area contributed by atoms with Gasteiger partial charge in [0.15, 0.2) is 11.5 Å². The molecule has 1 amide bonds. The lowest BCUT2D eigenvalue weighted by atomic mass is 9.84. The molecular formula is C39H59ClN2O4. The number of amides is 1. The Labute approximate surface area is 284 Å². The highest BCUT2D eigenvalue weighted by Gasteiger charge is 2.37. The molecule has 2 aliphatic heterocycles. The number of allylic oxidation sites excluding steroid dienone is 2. The number of benzene rings is 2. The summed E-state index contributed by atoms with van der Waals surface area (Å²) >= 11 is 5.96. The van der Waals surface area contributed by atoms with Gasteiger partial charge in [-0.3, -0.25) is 9.69 Å². The highest BCUT2D eigenvalue weighted by molar-refractivity contribution is 6.30. The number of nitrogens with one attached hydrogen (secondary N) is 1. The number of anilines is 1. The van der Waals surface area contributed by atoms with E-state index in [2.05, 4.69) is 60.5 Å². The number of carbonyl (C=O) groups is 1.